The van der Waals surface area contributed by atoms with Gasteiger partial charge in [0.15, 0.2) is 11.4 Å². The van der Waals surface area contributed by atoms with Crippen LogP contribution in [-0.2, 0) is 0 Å². The van der Waals surface area contributed by atoms with Gasteiger partial charge in [-0.05, 0) is 12.1 Å². The molecule has 0 saturated carbocycles. The van der Waals surface area contributed by atoms with E-state index in [2.05, 4.69) is 0 Å². The molecule has 0 fully saturated rings. The van der Waals surface area contributed by atoms with Crippen LogP contribution in [-0.4, -0.2) is 7.85 Å². The predicted molar refractivity (Wildman–Crippen MR) is 59.1 cm³/mol. The topological polar surface area (TPSA) is 13.1 Å². The van der Waals surface area contributed by atoms with E-state index < -0.39 is 0 Å². The van der Waals surface area contributed by atoms with Crippen LogP contribution in [0.3, 0.4) is 0 Å². The lowest BCUT2D eigenvalue weighted by Crippen LogP contribution is -2.01. The number of fused-ring (bicyclic) bond motifs is 3. The molecule has 0 spiro atoms. The Labute approximate surface area is 86.9 Å². The third-order valence-corrected chi connectivity index (χ3v) is 2.51. The molecule has 0 aliphatic carbocycles. The molecular weight excluding hydrogens is 190 g/mol. The Morgan fingerprint density at radius 2 is 1.87 bits per heavy atom. The molecule has 1 heterocycles. The van der Waals surface area contributed by atoms with Crippen molar-refractivity contribution < 1.29 is 8.81 Å². The van der Waals surface area contributed by atoms with E-state index in [1.165, 1.54) is 6.07 Å². The second-order valence-electron chi connectivity index (χ2n) is 3.44. The summed E-state index contributed by atoms with van der Waals surface area (Å²) >= 11 is 0. The number of rotatable bonds is 0. The highest BCUT2D eigenvalue weighted by Crippen LogP contribution is 2.28. The van der Waals surface area contributed by atoms with Crippen molar-refractivity contribution >= 4 is 35.2 Å². The molecule has 0 aliphatic rings. The van der Waals surface area contributed by atoms with Gasteiger partial charge in [0.25, 0.3) is 0 Å². The minimum absolute atomic E-state index is 0.269. The van der Waals surface area contributed by atoms with Gasteiger partial charge in [-0.2, -0.15) is 0 Å². The average Bonchev–Trinajstić information content (AvgIpc) is 2.59. The molecule has 0 saturated heterocycles. The first-order valence-electron chi connectivity index (χ1n) is 4.62. The zero-order valence-corrected chi connectivity index (χ0v) is 7.83. The Bertz CT molecular complexity index is 657. The van der Waals surface area contributed by atoms with E-state index in [9.17, 15) is 4.39 Å². The molecule has 15 heavy (non-hydrogen) atoms. The number of hydrogen-bond donors (Lipinski definition) is 0. The van der Waals surface area contributed by atoms with Gasteiger partial charge in [-0.1, -0.05) is 29.7 Å². The van der Waals surface area contributed by atoms with Crippen LogP contribution in [0.2, 0.25) is 0 Å². The summed E-state index contributed by atoms with van der Waals surface area (Å²) in [5.41, 5.74) is 1.50. The van der Waals surface area contributed by atoms with Crippen molar-refractivity contribution in [1.29, 1.82) is 0 Å². The molecule has 1 nitrogen and oxygen atoms in total. The van der Waals surface area contributed by atoms with Crippen LogP contribution in [0, 0.1) is 5.82 Å². The average molecular weight is 196 g/mol. The van der Waals surface area contributed by atoms with Crippen LogP contribution >= 0.6 is 0 Å². The van der Waals surface area contributed by atoms with Gasteiger partial charge < -0.3 is 4.42 Å². The standard InChI is InChI=1S/C12H6BFO/c13-8-4-2-6-10-11(8)7-3-1-5-9(14)12(7)15-10/h1-6H. The van der Waals surface area contributed by atoms with E-state index in [0.29, 0.717) is 11.0 Å². The summed E-state index contributed by atoms with van der Waals surface area (Å²) in [6, 6.07) is 10.2. The molecule has 2 radical (unpaired) electrons. The Kier molecular flexibility index (Phi) is 1.63. The monoisotopic (exact) mass is 196 g/mol. The van der Waals surface area contributed by atoms with Crippen molar-refractivity contribution in [2.45, 2.75) is 0 Å². The lowest BCUT2D eigenvalue weighted by atomic mass is 9.91. The number of furan rings is 1. The molecule has 0 bridgehead atoms. The van der Waals surface area contributed by atoms with E-state index in [4.69, 9.17) is 12.3 Å². The van der Waals surface area contributed by atoms with Gasteiger partial charge in [0.05, 0.1) is 0 Å². The van der Waals surface area contributed by atoms with Crippen LogP contribution < -0.4 is 5.46 Å². The molecule has 0 N–H and O–H groups in total. The molecule has 2 aromatic carbocycles. The number of hydrogen-bond acceptors (Lipinski definition) is 1. The summed E-state index contributed by atoms with van der Waals surface area (Å²) in [6.07, 6.45) is 0. The maximum absolute atomic E-state index is 13.4. The lowest BCUT2D eigenvalue weighted by molar-refractivity contribution is 0.584. The van der Waals surface area contributed by atoms with Gasteiger partial charge in [0.2, 0.25) is 0 Å². The summed E-state index contributed by atoms with van der Waals surface area (Å²) in [5, 5.41) is 1.51. The van der Waals surface area contributed by atoms with Crippen LogP contribution in [0.15, 0.2) is 40.8 Å². The predicted octanol–water partition coefficient (Wildman–Crippen LogP) is 2.52. The minimum Gasteiger partial charge on any atom is -0.453 e. The van der Waals surface area contributed by atoms with E-state index in [0.717, 1.165) is 10.8 Å². The summed E-state index contributed by atoms with van der Waals surface area (Å²) in [5.74, 6) is -0.358. The van der Waals surface area contributed by atoms with Crippen molar-refractivity contribution in [2.24, 2.45) is 0 Å². The van der Waals surface area contributed by atoms with E-state index >= 15 is 0 Å². The first kappa shape index (κ1) is 8.54. The number of para-hydroxylation sites is 1. The highest BCUT2D eigenvalue weighted by atomic mass is 19.1. The molecule has 3 rings (SSSR count). The highest BCUT2D eigenvalue weighted by Gasteiger charge is 2.10. The quantitative estimate of drug-likeness (QED) is 0.503. The van der Waals surface area contributed by atoms with Crippen LogP contribution in [0.25, 0.3) is 21.9 Å². The number of halogens is 1. The summed E-state index contributed by atoms with van der Waals surface area (Å²) < 4.78 is 18.8. The fourth-order valence-corrected chi connectivity index (χ4v) is 1.84. The van der Waals surface area contributed by atoms with Gasteiger partial charge in [-0.3, -0.25) is 0 Å². The fourth-order valence-electron chi connectivity index (χ4n) is 1.84. The Balaban J connectivity index is 2.65. The van der Waals surface area contributed by atoms with Crippen molar-refractivity contribution in [3.8, 4) is 0 Å². The molecular formula is C12H6BFO. The third kappa shape index (κ3) is 1.09. The first-order chi connectivity index (χ1) is 7.27. The SMILES string of the molecule is [B]c1cccc2oc3c(F)cccc3c12. The van der Waals surface area contributed by atoms with Gasteiger partial charge in [-0.25, -0.2) is 4.39 Å². The van der Waals surface area contributed by atoms with E-state index in [1.54, 1.807) is 30.3 Å². The largest absolute Gasteiger partial charge is 0.453 e. The second kappa shape index (κ2) is 2.86. The molecule has 70 valence electrons. The maximum Gasteiger partial charge on any atom is 0.171 e. The summed E-state index contributed by atoms with van der Waals surface area (Å²) in [4.78, 5) is 0. The van der Waals surface area contributed by atoms with Gasteiger partial charge in [-0.15, -0.1) is 0 Å². The van der Waals surface area contributed by atoms with Crippen LogP contribution in [0.1, 0.15) is 0 Å². The van der Waals surface area contributed by atoms with E-state index in [1.807, 2.05) is 0 Å². The van der Waals surface area contributed by atoms with Gasteiger partial charge in [0.1, 0.15) is 13.4 Å². The zero-order chi connectivity index (χ0) is 10.4. The highest BCUT2D eigenvalue weighted by molar-refractivity contribution is 6.41. The lowest BCUT2D eigenvalue weighted by Gasteiger charge is -1.94. The smallest absolute Gasteiger partial charge is 0.171 e. The Morgan fingerprint density at radius 3 is 2.73 bits per heavy atom. The molecule has 0 unspecified atom stereocenters. The third-order valence-electron chi connectivity index (χ3n) is 2.51. The molecule has 0 amide bonds. The van der Waals surface area contributed by atoms with E-state index in [-0.39, 0.29) is 11.4 Å². The molecule has 0 aliphatic heterocycles. The van der Waals surface area contributed by atoms with Crippen molar-refractivity contribution in [1.82, 2.24) is 0 Å². The fraction of sp³-hybridized carbons (Fsp3) is 0. The van der Waals surface area contributed by atoms with Gasteiger partial charge >= 0.3 is 0 Å². The second-order valence-corrected chi connectivity index (χ2v) is 3.44. The Morgan fingerprint density at radius 1 is 1.07 bits per heavy atom. The van der Waals surface area contributed by atoms with Crippen LogP contribution in [0.5, 0.6) is 0 Å². The maximum atomic E-state index is 13.4. The van der Waals surface area contributed by atoms with Crippen molar-refractivity contribution in [3.05, 3.63) is 42.2 Å². The van der Waals surface area contributed by atoms with Crippen molar-refractivity contribution in [2.75, 3.05) is 0 Å². The number of benzene rings is 2. The zero-order valence-electron chi connectivity index (χ0n) is 7.83. The van der Waals surface area contributed by atoms with Crippen LogP contribution in [0.4, 0.5) is 4.39 Å². The summed E-state index contributed by atoms with van der Waals surface area (Å²) in [6.45, 7) is 0. The molecule has 1 aromatic heterocycles. The minimum atomic E-state index is -0.358. The molecule has 0 atom stereocenters. The normalized spacial score (nSPS) is 11.3. The molecule has 3 aromatic rings. The Hall–Kier alpha value is -1.77. The van der Waals surface area contributed by atoms with Gasteiger partial charge in [0, 0.05) is 10.8 Å². The molecule has 3 heteroatoms. The van der Waals surface area contributed by atoms with Crippen molar-refractivity contribution in [3.63, 3.8) is 0 Å². The summed E-state index contributed by atoms with van der Waals surface area (Å²) in [7, 11) is 5.83. The first-order valence-corrected chi connectivity index (χ1v) is 4.62.